The van der Waals surface area contributed by atoms with Crippen molar-refractivity contribution in [3.05, 3.63) is 77.4 Å². The van der Waals surface area contributed by atoms with Crippen LogP contribution < -0.4 is 5.32 Å². The van der Waals surface area contributed by atoms with Gasteiger partial charge >= 0.3 is 5.97 Å². The van der Waals surface area contributed by atoms with Gasteiger partial charge in [-0.3, -0.25) is 10.1 Å². The van der Waals surface area contributed by atoms with Gasteiger partial charge in [-0.1, -0.05) is 42.5 Å². The number of benzene rings is 2. The molecule has 1 aromatic heterocycles. The Hall–Kier alpha value is -3.32. The lowest BCUT2D eigenvalue weighted by Gasteiger charge is -2.02. The molecule has 3 aromatic rings. The van der Waals surface area contributed by atoms with E-state index in [9.17, 15) is 14.0 Å². The van der Waals surface area contributed by atoms with Crippen molar-refractivity contribution >= 4 is 34.4 Å². The molecule has 7 heteroatoms. The van der Waals surface area contributed by atoms with E-state index in [1.54, 1.807) is 0 Å². The number of hydrogen-bond acceptors (Lipinski definition) is 5. The number of amides is 1. The van der Waals surface area contributed by atoms with Crippen molar-refractivity contribution in [2.24, 2.45) is 0 Å². The summed E-state index contributed by atoms with van der Waals surface area (Å²) in [6.45, 7) is -0.424. The molecular weight excluding hydrogens is 367 g/mol. The first-order valence-electron chi connectivity index (χ1n) is 8.01. The lowest BCUT2D eigenvalue weighted by Crippen LogP contribution is -2.20. The van der Waals surface area contributed by atoms with Crippen molar-refractivity contribution in [1.82, 2.24) is 4.98 Å². The fourth-order valence-electron chi connectivity index (χ4n) is 2.15. The van der Waals surface area contributed by atoms with Gasteiger partial charge in [0.05, 0.1) is 5.69 Å². The van der Waals surface area contributed by atoms with Gasteiger partial charge in [0.15, 0.2) is 11.7 Å². The Morgan fingerprint density at radius 2 is 1.85 bits per heavy atom. The van der Waals surface area contributed by atoms with Crippen molar-refractivity contribution in [3.8, 4) is 11.3 Å². The third-order valence-corrected chi connectivity index (χ3v) is 4.21. The second-order valence-corrected chi connectivity index (χ2v) is 6.30. The Labute approximate surface area is 159 Å². The first-order valence-corrected chi connectivity index (χ1v) is 8.89. The number of rotatable bonds is 6. The molecule has 0 saturated heterocycles. The molecule has 0 atom stereocenters. The van der Waals surface area contributed by atoms with Crippen LogP contribution in [0.3, 0.4) is 0 Å². The van der Waals surface area contributed by atoms with Crippen LogP contribution in [0.15, 0.2) is 66.1 Å². The highest BCUT2D eigenvalue weighted by molar-refractivity contribution is 7.14. The van der Waals surface area contributed by atoms with E-state index < -0.39 is 18.5 Å². The fraction of sp³-hybridized carbons (Fsp3) is 0.0500. The number of ether oxygens (including phenoxy) is 1. The van der Waals surface area contributed by atoms with Gasteiger partial charge in [-0.15, -0.1) is 11.3 Å². The number of nitrogens with zero attached hydrogens (tertiary/aromatic N) is 1. The van der Waals surface area contributed by atoms with Gasteiger partial charge in [0.2, 0.25) is 0 Å². The molecule has 2 aromatic carbocycles. The summed E-state index contributed by atoms with van der Waals surface area (Å²) in [7, 11) is 0. The maximum Gasteiger partial charge on any atom is 0.331 e. The number of aromatic nitrogens is 1. The molecule has 0 saturated carbocycles. The molecule has 0 spiro atoms. The normalized spacial score (nSPS) is 10.7. The molecule has 0 aliphatic heterocycles. The van der Waals surface area contributed by atoms with Crippen LogP contribution in [0.5, 0.6) is 0 Å². The summed E-state index contributed by atoms with van der Waals surface area (Å²) >= 11 is 1.29. The van der Waals surface area contributed by atoms with Crippen LogP contribution in [0, 0.1) is 5.82 Å². The monoisotopic (exact) mass is 382 g/mol. The highest BCUT2D eigenvalue weighted by Crippen LogP contribution is 2.24. The zero-order chi connectivity index (χ0) is 19.1. The molecule has 0 radical (unpaired) electrons. The molecule has 1 N–H and O–H groups in total. The molecule has 3 rings (SSSR count). The molecule has 1 amide bonds. The Morgan fingerprint density at radius 1 is 1.11 bits per heavy atom. The van der Waals surface area contributed by atoms with Crippen LogP contribution in [0.4, 0.5) is 9.52 Å². The summed E-state index contributed by atoms with van der Waals surface area (Å²) in [6.07, 6.45) is 2.66. The van der Waals surface area contributed by atoms with E-state index in [4.69, 9.17) is 4.74 Å². The zero-order valence-electron chi connectivity index (χ0n) is 14.1. The van der Waals surface area contributed by atoms with Crippen molar-refractivity contribution < 1.29 is 18.7 Å². The summed E-state index contributed by atoms with van der Waals surface area (Å²) in [5, 5.41) is 4.86. The van der Waals surface area contributed by atoms with E-state index in [2.05, 4.69) is 10.3 Å². The molecule has 0 unspecified atom stereocenters. The predicted molar refractivity (Wildman–Crippen MR) is 103 cm³/mol. The van der Waals surface area contributed by atoms with E-state index in [-0.39, 0.29) is 5.82 Å². The third kappa shape index (κ3) is 5.58. The van der Waals surface area contributed by atoms with Gasteiger partial charge < -0.3 is 4.74 Å². The largest absolute Gasteiger partial charge is 0.452 e. The Morgan fingerprint density at radius 3 is 2.59 bits per heavy atom. The number of esters is 1. The zero-order valence-corrected chi connectivity index (χ0v) is 14.9. The van der Waals surface area contributed by atoms with Gasteiger partial charge in [0.1, 0.15) is 5.82 Å². The fourth-order valence-corrected chi connectivity index (χ4v) is 2.89. The lowest BCUT2D eigenvalue weighted by atomic mass is 10.2. The standard InChI is InChI=1S/C20H15FN2O3S/c21-16-9-6-14(7-10-16)8-11-19(25)26-12-18(24)23-20-22-17(13-27-20)15-4-2-1-3-5-15/h1-11,13H,12H2,(H,22,23,24)/b11-8+. The SMILES string of the molecule is O=C(COC(=O)/C=C/c1ccc(F)cc1)Nc1nc(-c2ccccc2)cs1. The molecule has 0 bridgehead atoms. The van der Waals surface area contributed by atoms with Gasteiger partial charge in [-0.25, -0.2) is 14.2 Å². The number of thiazole rings is 1. The van der Waals surface area contributed by atoms with E-state index >= 15 is 0 Å². The number of anilines is 1. The van der Waals surface area contributed by atoms with Crippen molar-refractivity contribution in [1.29, 1.82) is 0 Å². The van der Waals surface area contributed by atoms with Crippen LogP contribution in [0.25, 0.3) is 17.3 Å². The predicted octanol–water partition coefficient (Wildman–Crippen LogP) is 4.14. The molecule has 0 aliphatic carbocycles. The summed E-state index contributed by atoms with van der Waals surface area (Å²) in [4.78, 5) is 27.9. The third-order valence-electron chi connectivity index (χ3n) is 3.45. The van der Waals surface area contributed by atoms with E-state index in [1.807, 2.05) is 35.7 Å². The molecular formula is C20H15FN2O3S. The second kappa shape index (κ2) is 8.86. The molecule has 5 nitrogen and oxygen atoms in total. The Kier molecular flexibility index (Phi) is 6.06. The highest BCUT2D eigenvalue weighted by atomic mass is 32.1. The van der Waals surface area contributed by atoms with E-state index in [0.29, 0.717) is 10.7 Å². The maximum absolute atomic E-state index is 12.8. The van der Waals surface area contributed by atoms with E-state index in [0.717, 1.165) is 11.3 Å². The van der Waals surface area contributed by atoms with Crippen molar-refractivity contribution in [3.63, 3.8) is 0 Å². The molecule has 136 valence electrons. The summed E-state index contributed by atoms with van der Waals surface area (Å²) in [5.74, 6) is -1.50. The minimum Gasteiger partial charge on any atom is -0.452 e. The number of carbonyl (C=O) groups excluding carboxylic acids is 2. The molecule has 27 heavy (non-hydrogen) atoms. The maximum atomic E-state index is 12.8. The highest BCUT2D eigenvalue weighted by Gasteiger charge is 2.09. The summed E-state index contributed by atoms with van der Waals surface area (Å²) < 4.78 is 17.7. The van der Waals surface area contributed by atoms with Crippen LogP contribution in [0.2, 0.25) is 0 Å². The molecule has 1 heterocycles. The van der Waals surface area contributed by atoms with Gasteiger partial charge in [0, 0.05) is 17.0 Å². The number of nitrogens with one attached hydrogen (secondary N) is 1. The van der Waals surface area contributed by atoms with Crippen LogP contribution in [-0.4, -0.2) is 23.5 Å². The molecule has 0 aliphatic rings. The number of halogens is 1. The van der Waals surface area contributed by atoms with Crippen molar-refractivity contribution in [2.45, 2.75) is 0 Å². The second-order valence-electron chi connectivity index (χ2n) is 5.44. The summed E-state index contributed by atoms with van der Waals surface area (Å²) in [6, 6.07) is 15.2. The lowest BCUT2D eigenvalue weighted by molar-refractivity contribution is -0.142. The van der Waals surface area contributed by atoms with Gasteiger partial charge in [0.25, 0.3) is 5.91 Å². The van der Waals surface area contributed by atoms with Crippen LogP contribution in [-0.2, 0) is 14.3 Å². The minimum atomic E-state index is -0.668. The van der Waals surface area contributed by atoms with Gasteiger partial charge in [-0.2, -0.15) is 0 Å². The first kappa shape index (κ1) is 18.5. The Bertz CT molecular complexity index is 953. The topological polar surface area (TPSA) is 68.3 Å². The average Bonchev–Trinajstić information content (AvgIpc) is 3.15. The number of carbonyl (C=O) groups is 2. The summed E-state index contributed by atoms with van der Waals surface area (Å²) in [5.41, 5.74) is 2.36. The van der Waals surface area contributed by atoms with Gasteiger partial charge in [-0.05, 0) is 23.8 Å². The number of hydrogen-bond donors (Lipinski definition) is 1. The van der Waals surface area contributed by atoms with E-state index in [1.165, 1.54) is 47.8 Å². The Balaban J connectivity index is 1.47. The first-order chi connectivity index (χ1) is 13.1. The molecule has 0 fully saturated rings. The van der Waals surface area contributed by atoms with Crippen LogP contribution >= 0.6 is 11.3 Å². The smallest absolute Gasteiger partial charge is 0.331 e. The average molecular weight is 382 g/mol. The quantitative estimate of drug-likeness (QED) is 0.514. The minimum absolute atomic E-state index is 0.357. The van der Waals surface area contributed by atoms with Crippen molar-refractivity contribution in [2.75, 3.05) is 11.9 Å². The van der Waals surface area contributed by atoms with Crippen LogP contribution in [0.1, 0.15) is 5.56 Å².